The number of hydrogen-bond acceptors (Lipinski definition) is 5. The van der Waals surface area contributed by atoms with E-state index in [9.17, 15) is 0 Å². The number of thiazole rings is 1. The molecule has 0 aromatic carbocycles. The zero-order chi connectivity index (χ0) is 13.2. The molecule has 3 aromatic rings. The fourth-order valence-corrected chi connectivity index (χ4v) is 2.47. The summed E-state index contributed by atoms with van der Waals surface area (Å²) in [5, 5.41) is 7.38. The second-order valence-electron chi connectivity index (χ2n) is 4.07. The van der Waals surface area contributed by atoms with Crippen LogP contribution in [0.25, 0.3) is 16.3 Å². The first kappa shape index (κ1) is 11.9. The number of rotatable bonds is 3. The minimum atomic E-state index is 0.522. The summed E-state index contributed by atoms with van der Waals surface area (Å²) >= 11 is 1.56. The monoisotopic (exact) mass is 271 g/mol. The van der Waals surface area contributed by atoms with Gasteiger partial charge in [-0.2, -0.15) is 5.10 Å². The van der Waals surface area contributed by atoms with Gasteiger partial charge in [0.25, 0.3) is 0 Å². The second-order valence-corrected chi connectivity index (χ2v) is 4.95. The van der Waals surface area contributed by atoms with Crippen molar-refractivity contribution in [3.63, 3.8) is 0 Å². The molecule has 0 fully saturated rings. The lowest BCUT2D eigenvalue weighted by Gasteiger charge is -1.99. The lowest BCUT2D eigenvalue weighted by Crippen LogP contribution is -1.94. The van der Waals surface area contributed by atoms with Crippen LogP contribution in [0.3, 0.4) is 0 Å². The molecule has 0 aliphatic heterocycles. The molecule has 2 N–H and O–H groups in total. The topological polar surface area (TPSA) is 69.6 Å². The van der Waals surface area contributed by atoms with E-state index in [1.807, 2.05) is 22.3 Å². The van der Waals surface area contributed by atoms with Gasteiger partial charge in [-0.1, -0.05) is 6.92 Å². The molecule has 0 saturated heterocycles. The van der Waals surface area contributed by atoms with Gasteiger partial charge in [0.15, 0.2) is 0 Å². The number of hydrogen-bond donors (Lipinski definition) is 1. The fraction of sp³-hybridized carbons (Fsp3) is 0.154. The van der Waals surface area contributed by atoms with E-state index in [1.165, 1.54) is 0 Å². The Hall–Kier alpha value is -2.21. The van der Waals surface area contributed by atoms with Crippen molar-refractivity contribution >= 4 is 17.2 Å². The van der Waals surface area contributed by atoms with Crippen LogP contribution in [0.1, 0.15) is 12.6 Å². The molecule has 6 heteroatoms. The summed E-state index contributed by atoms with van der Waals surface area (Å²) in [6.07, 6.45) is 6.40. The van der Waals surface area contributed by atoms with Gasteiger partial charge in [0.1, 0.15) is 5.82 Å². The van der Waals surface area contributed by atoms with Crippen molar-refractivity contribution in [3.8, 4) is 16.3 Å². The minimum absolute atomic E-state index is 0.522. The van der Waals surface area contributed by atoms with Gasteiger partial charge < -0.3 is 5.73 Å². The van der Waals surface area contributed by atoms with Crippen molar-refractivity contribution in [2.75, 3.05) is 5.73 Å². The van der Waals surface area contributed by atoms with Crippen LogP contribution in [-0.2, 0) is 6.42 Å². The summed E-state index contributed by atoms with van der Waals surface area (Å²) in [6, 6.07) is 3.76. The van der Waals surface area contributed by atoms with Gasteiger partial charge in [-0.15, -0.1) is 11.3 Å². The molecule has 0 spiro atoms. The smallest absolute Gasteiger partial charge is 0.210 e. The third kappa shape index (κ3) is 2.22. The molecule has 3 heterocycles. The molecule has 3 rings (SSSR count). The zero-order valence-corrected chi connectivity index (χ0v) is 11.3. The molecule has 0 atom stereocenters. The Kier molecular flexibility index (Phi) is 3.00. The first-order chi connectivity index (χ1) is 9.28. The minimum Gasteiger partial charge on any atom is -0.384 e. The van der Waals surface area contributed by atoms with Crippen molar-refractivity contribution in [1.29, 1.82) is 0 Å². The van der Waals surface area contributed by atoms with Crippen molar-refractivity contribution in [2.24, 2.45) is 0 Å². The van der Waals surface area contributed by atoms with E-state index in [2.05, 4.69) is 22.0 Å². The Morgan fingerprint density at radius 3 is 2.84 bits per heavy atom. The van der Waals surface area contributed by atoms with Gasteiger partial charge in [0.05, 0.1) is 5.69 Å². The molecular weight excluding hydrogens is 258 g/mol. The highest BCUT2D eigenvalue weighted by atomic mass is 32.1. The van der Waals surface area contributed by atoms with Crippen LogP contribution in [0, 0.1) is 0 Å². The zero-order valence-electron chi connectivity index (χ0n) is 10.4. The number of nitrogen functional groups attached to an aromatic ring is 1. The summed E-state index contributed by atoms with van der Waals surface area (Å²) in [7, 11) is 0. The Morgan fingerprint density at radius 1 is 1.32 bits per heavy atom. The van der Waals surface area contributed by atoms with Gasteiger partial charge in [0.2, 0.25) is 5.13 Å². The first-order valence-electron chi connectivity index (χ1n) is 5.98. The Morgan fingerprint density at radius 2 is 2.21 bits per heavy atom. The normalized spacial score (nSPS) is 10.8. The molecule has 0 unspecified atom stereocenters. The third-order valence-electron chi connectivity index (χ3n) is 2.84. The standard InChI is InChI=1S/C13H13N5S/c1-2-11-10(9-3-4-12(14)16-7-9)8-18(17-11)13-15-5-6-19-13/h3-8H,2H2,1H3,(H2,14,16). The van der Waals surface area contributed by atoms with E-state index in [-0.39, 0.29) is 0 Å². The van der Waals surface area contributed by atoms with Crippen molar-refractivity contribution in [2.45, 2.75) is 13.3 Å². The maximum absolute atomic E-state index is 5.62. The second kappa shape index (κ2) is 4.81. The summed E-state index contributed by atoms with van der Waals surface area (Å²) in [6.45, 7) is 2.09. The maximum atomic E-state index is 5.62. The van der Waals surface area contributed by atoms with Crippen LogP contribution in [0.2, 0.25) is 0 Å². The molecule has 0 aliphatic carbocycles. The summed E-state index contributed by atoms with van der Waals surface area (Å²) < 4.78 is 1.81. The largest absolute Gasteiger partial charge is 0.384 e. The van der Waals surface area contributed by atoms with Gasteiger partial charge >= 0.3 is 0 Å². The number of pyridine rings is 1. The Bertz CT molecular complexity index is 670. The Labute approximate surface area is 114 Å². The van der Waals surface area contributed by atoms with E-state index >= 15 is 0 Å². The lowest BCUT2D eigenvalue weighted by molar-refractivity contribution is 0.834. The van der Waals surface area contributed by atoms with E-state index in [0.717, 1.165) is 28.4 Å². The van der Waals surface area contributed by atoms with Crippen LogP contribution in [-0.4, -0.2) is 19.7 Å². The van der Waals surface area contributed by atoms with Crippen LogP contribution >= 0.6 is 11.3 Å². The predicted octanol–water partition coefficient (Wildman–Crippen LogP) is 2.54. The van der Waals surface area contributed by atoms with Gasteiger partial charge in [-0.25, -0.2) is 14.6 Å². The highest BCUT2D eigenvalue weighted by Crippen LogP contribution is 2.25. The molecule has 0 amide bonds. The van der Waals surface area contributed by atoms with Crippen molar-refractivity contribution < 1.29 is 0 Å². The molecule has 19 heavy (non-hydrogen) atoms. The number of aryl methyl sites for hydroxylation is 1. The molecule has 0 aliphatic rings. The van der Waals surface area contributed by atoms with E-state index in [0.29, 0.717) is 5.82 Å². The lowest BCUT2D eigenvalue weighted by atomic mass is 10.1. The fourth-order valence-electron chi connectivity index (χ4n) is 1.90. The highest BCUT2D eigenvalue weighted by molar-refractivity contribution is 7.12. The quantitative estimate of drug-likeness (QED) is 0.794. The van der Waals surface area contributed by atoms with Gasteiger partial charge in [-0.3, -0.25) is 0 Å². The van der Waals surface area contributed by atoms with Crippen LogP contribution in [0.4, 0.5) is 5.82 Å². The summed E-state index contributed by atoms with van der Waals surface area (Å²) in [5.41, 5.74) is 8.74. The summed E-state index contributed by atoms with van der Waals surface area (Å²) in [4.78, 5) is 8.40. The molecule has 0 radical (unpaired) electrons. The average Bonchev–Trinajstić information content (AvgIpc) is 3.08. The highest BCUT2D eigenvalue weighted by Gasteiger charge is 2.11. The predicted molar refractivity (Wildman–Crippen MR) is 76.3 cm³/mol. The first-order valence-corrected chi connectivity index (χ1v) is 6.86. The van der Waals surface area contributed by atoms with Gasteiger partial charge in [0, 0.05) is 35.1 Å². The third-order valence-corrected chi connectivity index (χ3v) is 3.60. The number of nitrogens with two attached hydrogens (primary N) is 1. The van der Waals surface area contributed by atoms with E-state index in [4.69, 9.17) is 5.73 Å². The number of nitrogens with zero attached hydrogens (tertiary/aromatic N) is 4. The van der Waals surface area contributed by atoms with Crippen LogP contribution in [0.5, 0.6) is 0 Å². The Balaban J connectivity index is 2.08. The molecule has 5 nitrogen and oxygen atoms in total. The summed E-state index contributed by atoms with van der Waals surface area (Å²) in [5.74, 6) is 0.522. The molecule has 96 valence electrons. The van der Waals surface area contributed by atoms with Gasteiger partial charge in [-0.05, 0) is 18.6 Å². The maximum Gasteiger partial charge on any atom is 0.210 e. The van der Waals surface area contributed by atoms with Crippen molar-refractivity contribution in [3.05, 3.63) is 41.8 Å². The molecule has 0 saturated carbocycles. The number of anilines is 1. The molecule has 3 aromatic heterocycles. The van der Waals surface area contributed by atoms with Crippen LogP contribution in [0.15, 0.2) is 36.1 Å². The molecular formula is C13H13N5S. The van der Waals surface area contributed by atoms with Crippen LogP contribution < -0.4 is 5.73 Å². The van der Waals surface area contributed by atoms with Crippen molar-refractivity contribution in [1.82, 2.24) is 19.7 Å². The van der Waals surface area contributed by atoms with E-state index < -0.39 is 0 Å². The number of aromatic nitrogens is 4. The average molecular weight is 271 g/mol. The molecule has 0 bridgehead atoms. The SMILES string of the molecule is CCc1nn(-c2nccs2)cc1-c1ccc(N)nc1. The van der Waals surface area contributed by atoms with E-state index in [1.54, 1.807) is 29.8 Å².